The van der Waals surface area contributed by atoms with Crippen LogP contribution in [0.25, 0.3) is 0 Å². The molecule has 0 bridgehead atoms. The van der Waals surface area contributed by atoms with Crippen LogP contribution in [0, 0.1) is 12.3 Å². The van der Waals surface area contributed by atoms with Crippen LogP contribution in [0.4, 0.5) is 0 Å². The van der Waals surface area contributed by atoms with E-state index in [9.17, 15) is 0 Å². The quantitative estimate of drug-likeness (QED) is 0.816. The Labute approximate surface area is 115 Å². The third-order valence-corrected chi connectivity index (χ3v) is 4.17. The van der Waals surface area contributed by atoms with Crippen molar-refractivity contribution in [2.45, 2.75) is 32.7 Å². The van der Waals surface area contributed by atoms with Crippen LogP contribution in [0.3, 0.4) is 0 Å². The van der Waals surface area contributed by atoms with Crippen LogP contribution in [0.5, 0.6) is 0 Å². The van der Waals surface area contributed by atoms with Crippen LogP contribution in [0.15, 0.2) is 18.2 Å². The highest BCUT2D eigenvalue weighted by Crippen LogP contribution is 2.48. The molecule has 0 spiro atoms. The number of ether oxygens (including phenoxy) is 1. The Kier molecular flexibility index (Phi) is 4.66. The fourth-order valence-corrected chi connectivity index (χ4v) is 2.57. The number of methoxy groups -OCH3 is 1. The minimum atomic E-state index is 0.493. The molecule has 1 fully saturated rings. The number of benzene rings is 1. The van der Waals surface area contributed by atoms with Crippen molar-refractivity contribution in [2.24, 2.45) is 5.41 Å². The monoisotopic (exact) mass is 267 g/mol. The molecule has 3 heteroatoms. The lowest BCUT2D eigenvalue weighted by atomic mass is 10.0. The predicted octanol–water partition coefficient (Wildman–Crippen LogP) is 3.55. The van der Waals surface area contributed by atoms with Gasteiger partial charge < -0.3 is 10.1 Å². The van der Waals surface area contributed by atoms with Gasteiger partial charge in [-0.1, -0.05) is 23.7 Å². The van der Waals surface area contributed by atoms with Crippen molar-refractivity contribution in [2.75, 3.05) is 20.3 Å². The summed E-state index contributed by atoms with van der Waals surface area (Å²) >= 11 is 6.22. The molecule has 0 atom stereocenters. The Morgan fingerprint density at radius 3 is 2.78 bits per heavy atom. The number of hydrogen-bond donors (Lipinski definition) is 1. The van der Waals surface area contributed by atoms with E-state index in [-0.39, 0.29) is 0 Å². The van der Waals surface area contributed by atoms with Crippen molar-refractivity contribution >= 4 is 11.6 Å². The van der Waals surface area contributed by atoms with E-state index in [0.717, 1.165) is 31.1 Å². The first-order chi connectivity index (χ1) is 8.65. The first-order valence-electron chi connectivity index (χ1n) is 6.60. The highest BCUT2D eigenvalue weighted by atomic mass is 35.5. The van der Waals surface area contributed by atoms with Crippen LogP contribution in [0.2, 0.25) is 5.02 Å². The van der Waals surface area contributed by atoms with Gasteiger partial charge in [0.1, 0.15) is 0 Å². The summed E-state index contributed by atoms with van der Waals surface area (Å²) in [6.07, 6.45) is 3.81. The van der Waals surface area contributed by atoms with E-state index in [1.165, 1.54) is 24.0 Å². The van der Waals surface area contributed by atoms with Gasteiger partial charge in [0.2, 0.25) is 0 Å². The Bertz CT molecular complexity index is 401. The van der Waals surface area contributed by atoms with Crippen molar-refractivity contribution in [3.63, 3.8) is 0 Å². The molecule has 0 amide bonds. The van der Waals surface area contributed by atoms with Gasteiger partial charge in [0, 0.05) is 31.8 Å². The average molecular weight is 268 g/mol. The lowest BCUT2D eigenvalue weighted by Gasteiger charge is -2.16. The SMILES string of the molecule is COCCC1(CNCc2ccc(C)cc2Cl)CC1. The molecule has 0 unspecified atom stereocenters. The molecular formula is C15H22ClNO. The van der Waals surface area contributed by atoms with Gasteiger partial charge in [-0.25, -0.2) is 0 Å². The van der Waals surface area contributed by atoms with Gasteiger partial charge in [-0.05, 0) is 48.8 Å². The van der Waals surface area contributed by atoms with Crippen molar-refractivity contribution in [1.29, 1.82) is 0 Å². The molecule has 1 aliphatic carbocycles. The predicted molar refractivity (Wildman–Crippen MR) is 76.1 cm³/mol. The van der Waals surface area contributed by atoms with E-state index in [1.54, 1.807) is 7.11 Å². The van der Waals surface area contributed by atoms with Gasteiger partial charge >= 0.3 is 0 Å². The smallest absolute Gasteiger partial charge is 0.0468 e. The summed E-state index contributed by atoms with van der Waals surface area (Å²) in [6, 6.07) is 6.25. The highest BCUT2D eigenvalue weighted by molar-refractivity contribution is 6.31. The Hall–Kier alpha value is -0.570. The standard InChI is InChI=1S/C15H22ClNO/c1-12-3-4-13(14(16)9-12)10-17-11-15(5-6-15)7-8-18-2/h3-4,9,17H,5-8,10-11H2,1-2H3. The molecule has 1 aromatic rings. The Balaban J connectivity index is 1.78. The van der Waals surface area contributed by atoms with Crippen molar-refractivity contribution in [3.05, 3.63) is 34.3 Å². The zero-order chi connectivity index (χ0) is 13.0. The van der Waals surface area contributed by atoms with Gasteiger partial charge in [-0.2, -0.15) is 0 Å². The molecular weight excluding hydrogens is 246 g/mol. The van der Waals surface area contributed by atoms with Gasteiger partial charge in [0.15, 0.2) is 0 Å². The lowest BCUT2D eigenvalue weighted by Crippen LogP contribution is -2.24. The molecule has 0 aliphatic heterocycles. The summed E-state index contributed by atoms with van der Waals surface area (Å²) < 4.78 is 5.17. The van der Waals surface area contributed by atoms with E-state index in [2.05, 4.69) is 24.4 Å². The van der Waals surface area contributed by atoms with Crippen molar-refractivity contribution in [3.8, 4) is 0 Å². The average Bonchev–Trinajstić information content (AvgIpc) is 3.10. The first kappa shape index (κ1) is 13.9. The van der Waals surface area contributed by atoms with E-state index < -0.39 is 0 Å². The summed E-state index contributed by atoms with van der Waals surface area (Å²) in [5.74, 6) is 0. The van der Waals surface area contributed by atoms with E-state index >= 15 is 0 Å². The van der Waals surface area contributed by atoms with Gasteiger partial charge in [-0.3, -0.25) is 0 Å². The third-order valence-electron chi connectivity index (χ3n) is 3.82. The molecule has 2 nitrogen and oxygen atoms in total. The topological polar surface area (TPSA) is 21.3 Å². The molecule has 0 aromatic heterocycles. The largest absolute Gasteiger partial charge is 0.385 e. The number of halogens is 1. The Morgan fingerprint density at radius 1 is 1.39 bits per heavy atom. The summed E-state index contributed by atoms with van der Waals surface area (Å²) in [4.78, 5) is 0. The zero-order valence-corrected chi connectivity index (χ0v) is 12.0. The summed E-state index contributed by atoms with van der Waals surface area (Å²) in [6.45, 7) is 4.86. The number of nitrogens with one attached hydrogen (secondary N) is 1. The first-order valence-corrected chi connectivity index (χ1v) is 6.98. The molecule has 18 heavy (non-hydrogen) atoms. The fraction of sp³-hybridized carbons (Fsp3) is 0.600. The summed E-state index contributed by atoms with van der Waals surface area (Å²) in [5, 5.41) is 4.40. The zero-order valence-electron chi connectivity index (χ0n) is 11.3. The Morgan fingerprint density at radius 2 is 2.17 bits per heavy atom. The van der Waals surface area contributed by atoms with Crippen molar-refractivity contribution in [1.82, 2.24) is 5.32 Å². The second-order valence-corrected chi connectivity index (χ2v) is 5.85. The maximum absolute atomic E-state index is 6.22. The minimum Gasteiger partial charge on any atom is -0.385 e. The summed E-state index contributed by atoms with van der Waals surface area (Å²) in [7, 11) is 1.77. The number of rotatable bonds is 7. The van der Waals surface area contributed by atoms with Crippen LogP contribution in [-0.2, 0) is 11.3 Å². The maximum atomic E-state index is 6.22. The van der Waals surface area contributed by atoms with Crippen LogP contribution in [-0.4, -0.2) is 20.3 Å². The number of aryl methyl sites for hydroxylation is 1. The van der Waals surface area contributed by atoms with Crippen molar-refractivity contribution < 1.29 is 4.74 Å². The van der Waals surface area contributed by atoms with Crippen LogP contribution < -0.4 is 5.32 Å². The third kappa shape index (κ3) is 3.71. The van der Waals surface area contributed by atoms with Gasteiger partial charge in [-0.15, -0.1) is 0 Å². The molecule has 1 aliphatic rings. The molecule has 100 valence electrons. The van der Waals surface area contributed by atoms with E-state index in [0.29, 0.717) is 5.41 Å². The molecule has 0 heterocycles. The minimum absolute atomic E-state index is 0.493. The van der Waals surface area contributed by atoms with Crippen LogP contribution in [0.1, 0.15) is 30.4 Å². The fourth-order valence-electron chi connectivity index (χ4n) is 2.27. The second-order valence-electron chi connectivity index (χ2n) is 5.44. The van der Waals surface area contributed by atoms with Gasteiger partial charge in [0.05, 0.1) is 0 Å². The molecule has 1 N–H and O–H groups in total. The van der Waals surface area contributed by atoms with E-state index in [1.807, 2.05) is 6.07 Å². The maximum Gasteiger partial charge on any atom is 0.0468 e. The second kappa shape index (κ2) is 6.05. The molecule has 0 saturated heterocycles. The normalized spacial score (nSPS) is 16.8. The van der Waals surface area contributed by atoms with Gasteiger partial charge in [0.25, 0.3) is 0 Å². The molecule has 2 rings (SSSR count). The molecule has 0 radical (unpaired) electrons. The van der Waals surface area contributed by atoms with Crippen LogP contribution >= 0.6 is 11.6 Å². The summed E-state index contributed by atoms with van der Waals surface area (Å²) in [5.41, 5.74) is 2.89. The lowest BCUT2D eigenvalue weighted by molar-refractivity contribution is 0.171. The molecule has 1 aromatic carbocycles. The highest BCUT2D eigenvalue weighted by Gasteiger charge is 2.41. The van der Waals surface area contributed by atoms with E-state index in [4.69, 9.17) is 16.3 Å². The molecule has 1 saturated carbocycles. The number of hydrogen-bond acceptors (Lipinski definition) is 2.